The summed E-state index contributed by atoms with van der Waals surface area (Å²) in [6.45, 7) is 0.730. The molecule has 1 heterocycles. The van der Waals surface area contributed by atoms with Gasteiger partial charge in [0, 0.05) is 17.3 Å². The standard InChI is InChI=1S/C15H21NO3S/c17-8-9-19-13(14-7-4-10-20-14)11-16-15(18)12-5-2-1-3-6-12/h1-2,4,7,10,12-13,17H,3,5-6,8-9,11H2,(H,16,18). The monoisotopic (exact) mass is 295 g/mol. The molecule has 2 unspecified atom stereocenters. The summed E-state index contributed by atoms with van der Waals surface area (Å²) in [5.41, 5.74) is 0. The third-order valence-corrected chi connectivity index (χ3v) is 4.34. The first-order valence-corrected chi connectivity index (χ1v) is 7.88. The molecule has 2 atom stereocenters. The van der Waals surface area contributed by atoms with Crippen molar-refractivity contribution in [3.05, 3.63) is 34.5 Å². The molecule has 0 saturated heterocycles. The second-order valence-electron chi connectivity index (χ2n) is 4.82. The van der Waals surface area contributed by atoms with Crippen LogP contribution in [0.15, 0.2) is 29.7 Å². The molecule has 0 spiro atoms. The summed E-state index contributed by atoms with van der Waals surface area (Å²) in [4.78, 5) is 13.2. The third kappa shape index (κ3) is 4.44. The van der Waals surface area contributed by atoms with Crippen LogP contribution in [-0.4, -0.2) is 30.8 Å². The molecule has 1 amide bonds. The zero-order chi connectivity index (χ0) is 14.2. The molecule has 20 heavy (non-hydrogen) atoms. The predicted octanol–water partition coefficient (Wildman–Crippen LogP) is 2.27. The maximum atomic E-state index is 12.1. The second-order valence-corrected chi connectivity index (χ2v) is 5.80. The predicted molar refractivity (Wildman–Crippen MR) is 79.6 cm³/mol. The maximum Gasteiger partial charge on any atom is 0.223 e. The molecule has 110 valence electrons. The number of aliphatic hydroxyl groups is 1. The van der Waals surface area contributed by atoms with Gasteiger partial charge in [0.25, 0.3) is 0 Å². The highest BCUT2D eigenvalue weighted by molar-refractivity contribution is 7.10. The van der Waals surface area contributed by atoms with Crippen LogP contribution in [0.1, 0.15) is 30.2 Å². The van der Waals surface area contributed by atoms with E-state index in [4.69, 9.17) is 9.84 Å². The van der Waals surface area contributed by atoms with E-state index in [1.54, 1.807) is 11.3 Å². The van der Waals surface area contributed by atoms with Crippen molar-refractivity contribution in [1.29, 1.82) is 0 Å². The first kappa shape index (κ1) is 15.2. The SMILES string of the molecule is O=C(NCC(OCCO)c1cccs1)C1CC=CCC1. The molecule has 0 fully saturated rings. The fourth-order valence-electron chi connectivity index (χ4n) is 2.28. The molecule has 5 heteroatoms. The van der Waals surface area contributed by atoms with E-state index in [0.29, 0.717) is 6.54 Å². The second kappa shape index (κ2) is 8.19. The normalized spacial score (nSPS) is 19.8. The lowest BCUT2D eigenvalue weighted by molar-refractivity contribution is -0.126. The van der Waals surface area contributed by atoms with Crippen LogP contribution in [-0.2, 0) is 9.53 Å². The molecule has 1 aliphatic carbocycles. The van der Waals surface area contributed by atoms with E-state index in [9.17, 15) is 4.79 Å². The molecule has 0 saturated carbocycles. The number of hydrogen-bond donors (Lipinski definition) is 2. The van der Waals surface area contributed by atoms with E-state index >= 15 is 0 Å². The Morgan fingerprint density at radius 3 is 3.10 bits per heavy atom. The molecule has 2 rings (SSSR count). The summed E-state index contributed by atoms with van der Waals surface area (Å²) >= 11 is 1.60. The Morgan fingerprint density at radius 1 is 1.55 bits per heavy atom. The lowest BCUT2D eigenvalue weighted by Gasteiger charge is -2.21. The number of hydrogen-bond acceptors (Lipinski definition) is 4. The van der Waals surface area contributed by atoms with Crippen LogP contribution in [0.5, 0.6) is 0 Å². The number of thiophene rings is 1. The van der Waals surface area contributed by atoms with Crippen molar-refractivity contribution >= 4 is 17.2 Å². The van der Waals surface area contributed by atoms with Crippen LogP contribution in [0.3, 0.4) is 0 Å². The van der Waals surface area contributed by atoms with Crippen molar-refractivity contribution in [2.24, 2.45) is 5.92 Å². The van der Waals surface area contributed by atoms with Gasteiger partial charge < -0.3 is 15.2 Å². The number of ether oxygens (including phenoxy) is 1. The molecule has 2 N–H and O–H groups in total. The van der Waals surface area contributed by atoms with Gasteiger partial charge in [-0.25, -0.2) is 0 Å². The third-order valence-electron chi connectivity index (χ3n) is 3.37. The number of allylic oxidation sites excluding steroid dienone is 2. The molecule has 0 bridgehead atoms. The minimum Gasteiger partial charge on any atom is -0.394 e. The van der Waals surface area contributed by atoms with Crippen LogP contribution in [0.4, 0.5) is 0 Å². The number of amides is 1. The van der Waals surface area contributed by atoms with E-state index in [-0.39, 0.29) is 31.1 Å². The number of rotatable bonds is 7. The van der Waals surface area contributed by atoms with Crippen molar-refractivity contribution in [3.63, 3.8) is 0 Å². The van der Waals surface area contributed by atoms with E-state index < -0.39 is 0 Å². The van der Waals surface area contributed by atoms with Gasteiger partial charge in [-0.3, -0.25) is 4.79 Å². The lowest BCUT2D eigenvalue weighted by Crippen LogP contribution is -2.34. The highest BCUT2D eigenvalue weighted by Crippen LogP contribution is 2.23. The molecule has 0 radical (unpaired) electrons. The van der Waals surface area contributed by atoms with Gasteiger partial charge in [0.05, 0.1) is 13.2 Å². The van der Waals surface area contributed by atoms with Crippen LogP contribution < -0.4 is 5.32 Å². The van der Waals surface area contributed by atoms with Crippen molar-refractivity contribution in [3.8, 4) is 0 Å². The Balaban J connectivity index is 1.84. The molecule has 4 nitrogen and oxygen atoms in total. The minimum absolute atomic E-state index is 0.0107. The average molecular weight is 295 g/mol. The Morgan fingerprint density at radius 2 is 2.45 bits per heavy atom. The van der Waals surface area contributed by atoms with Crippen molar-refractivity contribution in [2.45, 2.75) is 25.4 Å². The van der Waals surface area contributed by atoms with E-state index in [0.717, 1.165) is 24.1 Å². The molecule has 1 aliphatic rings. The van der Waals surface area contributed by atoms with Gasteiger partial charge in [0.2, 0.25) is 5.91 Å². The molecule has 1 aromatic rings. The van der Waals surface area contributed by atoms with Gasteiger partial charge in [-0.2, -0.15) is 0 Å². The Bertz CT molecular complexity index is 430. The summed E-state index contributed by atoms with van der Waals surface area (Å²) in [5.74, 6) is 0.185. The van der Waals surface area contributed by atoms with Crippen molar-refractivity contribution in [2.75, 3.05) is 19.8 Å². The zero-order valence-electron chi connectivity index (χ0n) is 11.5. The van der Waals surface area contributed by atoms with E-state index in [2.05, 4.69) is 17.5 Å². The van der Waals surface area contributed by atoms with Crippen LogP contribution >= 0.6 is 11.3 Å². The van der Waals surface area contributed by atoms with Crippen LogP contribution in [0, 0.1) is 5.92 Å². The Labute approximate surface area is 123 Å². The number of carbonyl (C=O) groups excluding carboxylic acids is 1. The van der Waals surface area contributed by atoms with Gasteiger partial charge in [-0.05, 0) is 30.7 Å². The smallest absolute Gasteiger partial charge is 0.223 e. The molecule has 1 aromatic heterocycles. The van der Waals surface area contributed by atoms with Gasteiger partial charge in [-0.1, -0.05) is 18.2 Å². The fraction of sp³-hybridized carbons (Fsp3) is 0.533. The lowest BCUT2D eigenvalue weighted by atomic mass is 9.93. The molecule has 0 aromatic carbocycles. The summed E-state index contributed by atoms with van der Waals surface area (Å²) in [7, 11) is 0. The Kier molecular flexibility index (Phi) is 6.24. The van der Waals surface area contributed by atoms with E-state index in [1.165, 1.54) is 0 Å². The number of nitrogens with one attached hydrogen (secondary N) is 1. The van der Waals surface area contributed by atoms with Crippen LogP contribution in [0.2, 0.25) is 0 Å². The summed E-state index contributed by atoms with van der Waals surface area (Å²) < 4.78 is 5.61. The van der Waals surface area contributed by atoms with E-state index in [1.807, 2.05) is 17.5 Å². The van der Waals surface area contributed by atoms with Gasteiger partial charge in [0.15, 0.2) is 0 Å². The highest BCUT2D eigenvalue weighted by Gasteiger charge is 2.20. The summed E-state index contributed by atoms with van der Waals surface area (Å²) in [5, 5.41) is 13.8. The highest BCUT2D eigenvalue weighted by atomic mass is 32.1. The topological polar surface area (TPSA) is 58.6 Å². The molecular formula is C15H21NO3S. The average Bonchev–Trinajstić information content (AvgIpc) is 3.02. The molecule has 0 aliphatic heterocycles. The van der Waals surface area contributed by atoms with Crippen molar-refractivity contribution < 1.29 is 14.6 Å². The van der Waals surface area contributed by atoms with Crippen molar-refractivity contribution in [1.82, 2.24) is 5.32 Å². The quantitative estimate of drug-likeness (QED) is 0.759. The molecular weight excluding hydrogens is 274 g/mol. The van der Waals surface area contributed by atoms with Gasteiger partial charge >= 0.3 is 0 Å². The number of aliphatic hydroxyl groups excluding tert-OH is 1. The summed E-state index contributed by atoms with van der Waals surface area (Å²) in [6, 6.07) is 3.95. The van der Waals surface area contributed by atoms with Crippen LogP contribution in [0.25, 0.3) is 0 Å². The van der Waals surface area contributed by atoms with Gasteiger partial charge in [0.1, 0.15) is 6.10 Å². The largest absolute Gasteiger partial charge is 0.394 e. The van der Waals surface area contributed by atoms with Gasteiger partial charge in [-0.15, -0.1) is 11.3 Å². The first-order valence-electron chi connectivity index (χ1n) is 7.00. The number of carbonyl (C=O) groups is 1. The summed E-state index contributed by atoms with van der Waals surface area (Å²) in [6.07, 6.45) is 6.75. The zero-order valence-corrected chi connectivity index (χ0v) is 12.3. The first-order chi connectivity index (χ1) is 9.81. The minimum atomic E-state index is -0.176. The fourth-order valence-corrected chi connectivity index (χ4v) is 3.06. The Hall–Kier alpha value is -1.17. The maximum absolute atomic E-state index is 12.1.